The molecule has 0 amide bonds. The Balaban J connectivity index is 1.81. The number of benzene rings is 2. The van der Waals surface area contributed by atoms with Crippen LogP contribution >= 0.6 is 0 Å². The van der Waals surface area contributed by atoms with Crippen molar-refractivity contribution in [3.63, 3.8) is 0 Å². The number of aromatic nitrogens is 2. The molecule has 2 aromatic heterocycles. The van der Waals surface area contributed by atoms with Gasteiger partial charge < -0.3 is 4.98 Å². The van der Waals surface area contributed by atoms with Crippen LogP contribution in [0.15, 0.2) is 85.1 Å². The van der Waals surface area contributed by atoms with Gasteiger partial charge in [0.15, 0.2) is 12.3 Å². The Bertz CT molecular complexity index is 1380. The summed E-state index contributed by atoms with van der Waals surface area (Å²) in [5.74, 6) is 0. The fourth-order valence-corrected chi connectivity index (χ4v) is 3.91. The molecule has 0 radical (unpaired) electrons. The lowest BCUT2D eigenvalue weighted by Crippen LogP contribution is -2.15. The van der Waals surface area contributed by atoms with Gasteiger partial charge in [-0.2, -0.15) is 5.26 Å². The third-order valence-corrected chi connectivity index (χ3v) is 5.46. The quantitative estimate of drug-likeness (QED) is 0.426. The van der Waals surface area contributed by atoms with Crippen LogP contribution in [0.2, 0.25) is 0 Å². The van der Waals surface area contributed by atoms with Gasteiger partial charge in [-0.3, -0.25) is 0 Å². The predicted octanol–water partition coefficient (Wildman–Crippen LogP) is 6.40. The van der Waals surface area contributed by atoms with Crippen molar-refractivity contribution in [3.05, 3.63) is 96.2 Å². The number of nitrogens with one attached hydrogen (secondary N) is 1. The Hall–Kier alpha value is -4.04. The number of hydrogen-bond acceptors (Lipinski definition) is 2. The Kier molecular flexibility index (Phi) is 4.68. The topological polar surface area (TPSA) is 52.5 Å². The number of pyridine rings is 1. The molecule has 2 aromatic carbocycles. The van der Waals surface area contributed by atoms with Gasteiger partial charge >= 0.3 is 0 Å². The summed E-state index contributed by atoms with van der Waals surface area (Å²) in [6.45, 7) is 0. The van der Waals surface area contributed by atoms with Gasteiger partial charge in [-0.25, -0.2) is 13.8 Å². The molecule has 3 nitrogen and oxygen atoms in total. The summed E-state index contributed by atoms with van der Waals surface area (Å²) in [5.41, 5.74) is 5.06. The number of H-pyrrole nitrogens is 1. The maximum absolute atomic E-state index is 14.1. The van der Waals surface area contributed by atoms with Crippen LogP contribution < -0.4 is 0 Å². The molecule has 1 aliphatic carbocycles. The molecule has 1 aliphatic rings. The van der Waals surface area contributed by atoms with E-state index in [1.165, 1.54) is 18.2 Å². The first-order valence-electron chi connectivity index (χ1n) is 9.91. The van der Waals surface area contributed by atoms with Gasteiger partial charge in [-0.1, -0.05) is 54.6 Å². The van der Waals surface area contributed by atoms with Crippen molar-refractivity contribution in [3.8, 4) is 28.6 Å². The van der Waals surface area contributed by atoms with Crippen molar-refractivity contribution < 1.29 is 8.78 Å². The highest BCUT2D eigenvalue weighted by Gasteiger charge is 2.24. The third-order valence-electron chi connectivity index (χ3n) is 5.46. The molecular weight excluding hydrogens is 392 g/mol. The Morgan fingerprint density at radius 1 is 0.935 bits per heavy atom. The molecule has 4 aromatic rings. The third kappa shape index (κ3) is 3.32. The lowest BCUT2D eigenvalue weighted by atomic mass is 9.91. The van der Waals surface area contributed by atoms with Gasteiger partial charge in [-0.05, 0) is 29.9 Å². The summed E-state index contributed by atoms with van der Waals surface area (Å²) in [5, 5.41) is 11.0. The van der Waals surface area contributed by atoms with Crippen LogP contribution in [-0.4, -0.2) is 22.3 Å². The van der Waals surface area contributed by atoms with E-state index in [0.29, 0.717) is 28.1 Å². The molecule has 2 heterocycles. The van der Waals surface area contributed by atoms with Crippen molar-refractivity contribution in [2.24, 2.45) is 0 Å². The zero-order valence-electron chi connectivity index (χ0n) is 16.4. The van der Waals surface area contributed by atoms with Crippen LogP contribution in [-0.2, 0) is 0 Å². The smallest absolute Gasteiger partial charge is 0.154 e. The van der Waals surface area contributed by atoms with Crippen molar-refractivity contribution in [1.82, 2.24) is 9.97 Å². The standard InChI is InChI=1S/C26H17F2N3/c27-22-11-10-17(12-23(22)28)19-13-25(16-6-2-1-3-7-16)31-26(20(19)14-29)21-15-30-24-9-5-4-8-18(21)24/h1-13,15,22-23,30H. The first-order valence-corrected chi connectivity index (χ1v) is 9.91. The molecule has 2 atom stereocenters. The second-order valence-electron chi connectivity index (χ2n) is 7.37. The average Bonchev–Trinajstić information content (AvgIpc) is 3.24. The van der Waals surface area contributed by atoms with Gasteiger partial charge in [0.2, 0.25) is 0 Å². The second kappa shape index (κ2) is 7.66. The fourth-order valence-electron chi connectivity index (χ4n) is 3.91. The van der Waals surface area contributed by atoms with E-state index in [9.17, 15) is 14.0 Å². The van der Waals surface area contributed by atoms with Gasteiger partial charge in [0.05, 0.1) is 17.0 Å². The number of para-hydroxylation sites is 1. The van der Waals surface area contributed by atoms with Gasteiger partial charge in [0.1, 0.15) is 6.07 Å². The van der Waals surface area contributed by atoms with Crippen LogP contribution in [0, 0.1) is 11.3 Å². The summed E-state index contributed by atoms with van der Waals surface area (Å²) >= 11 is 0. The molecule has 5 rings (SSSR count). The molecule has 1 N–H and O–H groups in total. The molecule has 5 heteroatoms. The van der Waals surface area contributed by atoms with Crippen LogP contribution in [0.1, 0.15) is 11.1 Å². The van der Waals surface area contributed by atoms with E-state index < -0.39 is 12.3 Å². The van der Waals surface area contributed by atoms with Gasteiger partial charge in [-0.15, -0.1) is 0 Å². The summed E-state index contributed by atoms with van der Waals surface area (Å²) in [6, 6.07) is 21.4. The van der Waals surface area contributed by atoms with Crippen molar-refractivity contribution in [1.29, 1.82) is 5.26 Å². The zero-order chi connectivity index (χ0) is 21.4. The molecule has 2 unspecified atom stereocenters. The SMILES string of the molecule is N#Cc1c(C2=CC(F)C(F)C=C2)cc(-c2ccccc2)nc1-c1c[nH]c2ccccc12. The Labute approximate surface area is 178 Å². The first-order chi connectivity index (χ1) is 15.2. The molecule has 0 aliphatic heterocycles. The van der Waals surface area contributed by atoms with E-state index in [2.05, 4.69) is 11.1 Å². The molecule has 150 valence electrons. The van der Waals surface area contributed by atoms with Crippen molar-refractivity contribution in [2.75, 3.05) is 0 Å². The minimum Gasteiger partial charge on any atom is -0.360 e. The molecule has 0 fully saturated rings. The monoisotopic (exact) mass is 409 g/mol. The van der Waals surface area contributed by atoms with E-state index in [4.69, 9.17) is 4.98 Å². The number of halogens is 2. The fraction of sp³-hybridized carbons (Fsp3) is 0.0769. The summed E-state index contributed by atoms with van der Waals surface area (Å²) in [7, 11) is 0. The minimum absolute atomic E-state index is 0.324. The van der Waals surface area contributed by atoms with Crippen LogP contribution in [0.25, 0.3) is 39.0 Å². The number of nitrogens with zero attached hydrogens (tertiary/aromatic N) is 2. The van der Waals surface area contributed by atoms with E-state index in [-0.39, 0.29) is 0 Å². The van der Waals surface area contributed by atoms with Gasteiger partial charge in [0, 0.05) is 33.8 Å². The zero-order valence-corrected chi connectivity index (χ0v) is 16.4. The minimum atomic E-state index is -1.75. The number of allylic oxidation sites excluding steroid dienone is 4. The molecule has 0 bridgehead atoms. The number of nitriles is 1. The number of fused-ring (bicyclic) bond motifs is 1. The van der Waals surface area contributed by atoms with Crippen LogP contribution in [0.5, 0.6) is 0 Å². The van der Waals surface area contributed by atoms with Gasteiger partial charge in [0.25, 0.3) is 0 Å². The van der Waals surface area contributed by atoms with Crippen molar-refractivity contribution in [2.45, 2.75) is 12.3 Å². The maximum atomic E-state index is 14.1. The second-order valence-corrected chi connectivity index (χ2v) is 7.37. The Morgan fingerprint density at radius 2 is 1.71 bits per heavy atom. The molecule has 0 saturated carbocycles. The van der Waals surface area contributed by atoms with E-state index in [1.54, 1.807) is 6.07 Å². The van der Waals surface area contributed by atoms with E-state index in [0.717, 1.165) is 22.0 Å². The average molecular weight is 409 g/mol. The number of hydrogen-bond donors (Lipinski definition) is 1. The summed E-state index contributed by atoms with van der Waals surface area (Å²) < 4.78 is 27.8. The largest absolute Gasteiger partial charge is 0.360 e. The number of rotatable bonds is 3. The van der Waals surface area contributed by atoms with E-state index in [1.807, 2.05) is 60.8 Å². The normalized spacial score (nSPS) is 18.0. The number of alkyl halides is 2. The predicted molar refractivity (Wildman–Crippen MR) is 119 cm³/mol. The summed E-state index contributed by atoms with van der Waals surface area (Å²) in [6.07, 6.45) is 2.34. The van der Waals surface area contributed by atoms with Crippen molar-refractivity contribution >= 4 is 16.5 Å². The maximum Gasteiger partial charge on any atom is 0.154 e. The van der Waals surface area contributed by atoms with Crippen LogP contribution in [0.3, 0.4) is 0 Å². The first kappa shape index (κ1) is 19.0. The van der Waals surface area contributed by atoms with E-state index >= 15 is 0 Å². The number of aromatic amines is 1. The molecule has 0 saturated heterocycles. The molecule has 31 heavy (non-hydrogen) atoms. The highest BCUT2D eigenvalue weighted by molar-refractivity contribution is 5.97. The molecular formula is C26H17F2N3. The highest BCUT2D eigenvalue weighted by Crippen LogP contribution is 2.37. The lowest BCUT2D eigenvalue weighted by Gasteiger charge is -2.17. The summed E-state index contributed by atoms with van der Waals surface area (Å²) in [4.78, 5) is 8.06. The van der Waals surface area contributed by atoms with Crippen LogP contribution in [0.4, 0.5) is 8.78 Å². The molecule has 0 spiro atoms. The highest BCUT2D eigenvalue weighted by atomic mass is 19.2. The Morgan fingerprint density at radius 3 is 2.48 bits per heavy atom. The lowest BCUT2D eigenvalue weighted by molar-refractivity contribution is 0.246.